The zero-order chi connectivity index (χ0) is 16.1. The zero-order valence-electron chi connectivity index (χ0n) is 13.9. The molecule has 0 spiro atoms. The lowest BCUT2D eigenvalue weighted by atomic mass is 10.0. The molecule has 0 aliphatic carbocycles. The summed E-state index contributed by atoms with van der Waals surface area (Å²) < 4.78 is 5.77. The fourth-order valence-electron chi connectivity index (χ4n) is 3.43. The SMILES string of the molecule is CNC1CCN(C(=O)C2CN(Cc3ccccc3)CCO2)CC1. The van der Waals surface area contributed by atoms with Crippen LogP contribution in [0.5, 0.6) is 0 Å². The first-order chi connectivity index (χ1) is 11.3. The lowest BCUT2D eigenvalue weighted by molar-refractivity contribution is -0.150. The van der Waals surface area contributed by atoms with Crippen molar-refractivity contribution in [3.63, 3.8) is 0 Å². The number of nitrogens with one attached hydrogen (secondary N) is 1. The predicted octanol–water partition coefficient (Wildman–Crippen LogP) is 1.10. The van der Waals surface area contributed by atoms with Crippen molar-refractivity contribution in [1.82, 2.24) is 15.1 Å². The normalized spacial score (nSPS) is 23.9. The number of nitrogens with zero attached hydrogens (tertiary/aromatic N) is 2. The standard InChI is InChI=1S/C18H27N3O2/c1-19-16-7-9-21(10-8-16)18(22)17-14-20(11-12-23-17)13-15-5-3-2-4-6-15/h2-6,16-17,19H,7-14H2,1H3. The van der Waals surface area contributed by atoms with E-state index >= 15 is 0 Å². The summed E-state index contributed by atoms with van der Waals surface area (Å²) in [5.74, 6) is 0.164. The van der Waals surface area contributed by atoms with E-state index in [0.717, 1.165) is 39.0 Å². The summed E-state index contributed by atoms with van der Waals surface area (Å²) in [6, 6.07) is 11.0. The van der Waals surface area contributed by atoms with Gasteiger partial charge in [-0.3, -0.25) is 9.69 Å². The third kappa shape index (κ3) is 4.31. The second-order valence-corrected chi connectivity index (χ2v) is 6.47. The van der Waals surface area contributed by atoms with Gasteiger partial charge in [0.1, 0.15) is 6.10 Å². The van der Waals surface area contributed by atoms with Crippen molar-refractivity contribution in [2.24, 2.45) is 0 Å². The van der Waals surface area contributed by atoms with Gasteiger partial charge in [-0.15, -0.1) is 0 Å². The first-order valence-electron chi connectivity index (χ1n) is 8.60. The van der Waals surface area contributed by atoms with Crippen LogP contribution in [0, 0.1) is 0 Å². The molecule has 5 nitrogen and oxygen atoms in total. The molecule has 1 unspecified atom stereocenters. The van der Waals surface area contributed by atoms with Gasteiger partial charge in [0.25, 0.3) is 5.91 Å². The zero-order valence-corrected chi connectivity index (χ0v) is 13.9. The fraction of sp³-hybridized carbons (Fsp3) is 0.611. The summed E-state index contributed by atoms with van der Waals surface area (Å²) in [6.45, 7) is 4.78. The molecule has 0 aromatic heterocycles. The van der Waals surface area contributed by atoms with Crippen LogP contribution in [-0.2, 0) is 16.1 Å². The van der Waals surface area contributed by atoms with E-state index in [1.165, 1.54) is 5.56 Å². The van der Waals surface area contributed by atoms with Crippen molar-refractivity contribution in [3.8, 4) is 0 Å². The Morgan fingerprint density at radius 3 is 2.65 bits per heavy atom. The van der Waals surface area contributed by atoms with Crippen LogP contribution in [0.1, 0.15) is 18.4 Å². The van der Waals surface area contributed by atoms with Gasteiger partial charge in [0, 0.05) is 38.8 Å². The summed E-state index contributed by atoms with van der Waals surface area (Å²) in [5.41, 5.74) is 1.29. The number of benzene rings is 1. The smallest absolute Gasteiger partial charge is 0.253 e. The van der Waals surface area contributed by atoms with Crippen molar-refractivity contribution >= 4 is 5.91 Å². The molecule has 2 aliphatic heterocycles. The van der Waals surface area contributed by atoms with Gasteiger partial charge < -0.3 is 15.0 Å². The van der Waals surface area contributed by atoms with E-state index in [4.69, 9.17) is 4.74 Å². The number of morpholine rings is 1. The maximum Gasteiger partial charge on any atom is 0.253 e. The fourth-order valence-corrected chi connectivity index (χ4v) is 3.43. The molecule has 23 heavy (non-hydrogen) atoms. The van der Waals surface area contributed by atoms with Crippen LogP contribution in [0.2, 0.25) is 0 Å². The Morgan fingerprint density at radius 2 is 1.96 bits per heavy atom. The molecule has 3 rings (SSSR count). The van der Waals surface area contributed by atoms with Crippen molar-refractivity contribution in [2.75, 3.05) is 39.8 Å². The Bertz CT molecular complexity index is 500. The van der Waals surface area contributed by atoms with Crippen molar-refractivity contribution < 1.29 is 9.53 Å². The largest absolute Gasteiger partial charge is 0.366 e. The Morgan fingerprint density at radius 1 is 1.22 bits per heavy atom. The Balaban J connectivity index is 1.53. The number of piperidine rings is 1. The molecule has 1 aromatic carbocycles. The number of likely N-dealkylation sites (tertiary alicyclic amines) is 1. The number of rotatable bonds is 4. The molecule has 1 aromatic rings. The number of amides is 1. The number of carbonyl (C=O) groups is 1. The summed E-state index contributed by atoms with van der Waals surface area (Å²) in [5, 5.41) is 3.30. The lowest BCUT2D eigenvalue weighted by Crippen LogP contribution is -2.53. The van der Waals surface area contributed by atoms with Crippen LogP contribution >= 0.6 is 0 Å². The van der Waals surface area contributed by atoms with E-state index in [2.05, 4.69) is 34.5 Å². The average Bonchev–Trinajstić information content (AvgIpc) is 2.62. The maximum atomic E-state index is 12.7. The molecule has 2 aliphatic rings. The number of hydrogen-bond acceptors (Lipinski definition) is 4. The first kappa shape index (κ1) is 16.4. The van der Waals surface area contributed by atoms with Gasteiger partial charge in [0.05, 0.1) is 6.61 Å². The minimum absolute atomic E-state index is 0.164. The van der Waals surface area contributed by atoms with Crippen molar-refractivity contribution in [1.29, 1.82) is 0 Å². The summed E-state index contributed by atoms with van der Waals surface area (Å²) in [4.78, 5) is 17.0. The van der Waals surface area contributed by atoms with Crippen LogP contribution in [0.3, 0.4) is 0 Å². The monoisotopic (exact) mass is 317 g/mol. The summed E-state index contributed by atoms with van der Waals surface area (Å²) in [6.07, 6.45) is 1.75. The van der Waals surface area contributed by atoms with E-state index in [9.17, 15) is 4.79 Å². The molecular weight excluding hydrogens is 290 g/mol. The van der Waals surface area contributed by atoms with Crippen LogP contribution in [0.4, 0.5) is 0 Å². The highest BCUT2D eigenvalue weighted by atomic mass is 16.5. The van der Waals surface area contributed by atoms with Crippen LogP contribution in [0.25, 0.3) is 0 Å². The van der Waals surface area contributed by atoms with E-state index < -0.39 is 0 Å². The molecule has 0 radical (unpaired) electrons. The number of ether oxygens (including phenoxy) is 1. The van der Waals surface area contributed by atoms with Gasteiger partial charge in [-0.05, 0) is 25.5 Å². The van der Waals surface area contributed by atoms with Gasteiger partial charge in [0.15, 0.2) is 0 Å². The summed E-state index contributed by atoms with van der Waals surface area (Å²) in [7, 11) is 1.99. The van der Waals surface area contributed by atoms with Gasteiger partial charge in [-0.25, -0.2) is 0 Å². The van der Waals surface area contributed by atoms with Gasteiger partial charge in [-0.1, -0.05) is 30.3 Å². The van der Waals surface area contributed by atoms with E-state index in [1.54, 1.807) is 0 Å². The van der Waals surface area contributed by atoms with Gasteiger partial charge in [-0.2, -0.15) is 0 Å². The third-order valence-corrected chi connectivity index (χ3v) is 4.89. The van der Waals surface area contributed by atoms with E-state index in [1.807, 2.05) is 18.0 Å². The Kier molecular flexibility index (Phi) is 5.65. The van der Waals surface area contributed by atoms with Crippen molar-refractivity contribution in [3.05, 3.63) is 35.9 Å². The number of carbonyl (C=O) groups excluding carboxylic acids is 1. The quantitative estimate of drug-likeness (QED) is 0.903. The Hall–Kier alpha value is -1.43. The molecule has 2 heterocycles. The molecule has 1 atom stereocenters. The van der Waals surface area contributed by atoms with Crippen molar-refractivity contribution in [2.45, 2.75) is 31.5 Å². The van der Waals surface area contributed by atoms with Crippen LogP contribution in [-0.4, -0.2) is 67.7 Å². The molecule has 2 saturated heterocycles. The third-order valence-electron chi connectivity index (χ3n) is 4.89. The molecule has 126 valence electrons. The van der Waals surface area contributed by atoms with Gasteiger partial charge >= 0.3 is 0 Å². The highest BCUT2D eigenvalue weighted by Crippen LogP contribution is 2.16. The predicted molar refractivity (Wildman–Crippen MR) is 90.1 cm³/mol. The molecule has 1 N–H and O–H groups in total. The first-order valence-corrected chi connectivity index (χ1v) is 8.60. The van der Waals surface area contributed by atoms with E-state index in [-0.39, 0.29) is 12.0 Å². The molecule has 5 heteroatoms. The second-order valence-electron chi connectivity index (χ2n) is 6.47. The molecule has 0 saturated carbocycles. The lowest BCUT2D eigenvalue weighted by Gasteiger charge is -2.37. The molecule has 2 fully saturated rings. The molecule has 1 amide bonds. The van der Waals surface area contributed by atoms with E-state index in [0.29, 0.717) is 19.2 Å². The maximum absolute atomic E-state index is 12.7. The van der Waals surface area contributed by atoms with Crippen LogP contribution in [0.15, 0.2) is 30.3 Å². The highest BCUT2D eigenvalue weighted by Gasteiger charge is 2.32. The van der Waals surface area contributed by atoms with Crippen LogP contribution < -0.4 is 5.32 Å². The highest BCUT2D eigenvalue weighted by molar-refractivity contribution is 5.81. The second kappa shape index (κ2) is 7.90. The molecule has 0 bridgehead atoms. The minimum Gasteiger partial charge on any atom is -0.366 e. The topological polar surface area (TPSA) is 44.8 Å². The summed E-state index contributed by atoms with van der Waals surface area (Å²) >= 11 is 0. The van der Waals surface area contributed by atoms with Gasteiger partial charge in [0.2, 0.25) is 0 Å². The molecular formula is C18H27N3O2. The average molecular weight is 317 g/mol. The Labute approximate surface area is 138 Å². The minimum atomic E-state index is -0.307. The number of hydrogen-bond donors (Lipinski definition) is 1.